The Morgan fingerprint density at radius 3 is 1.91 bits per heavy atom. The molecule has 1 atom stereocenters. The van der Waals surface area contributed by atoms with Crippen molar-refractivity contribution in [2.24, 2.45) is 5.41 Å². The van der Waals surface area contributed by atoms with Crippen LogP contribution in [0, 0.1) is 5.41 Å². The Hall–Kier alpha value is -1.18. The molecule has 2 heteroatoms. The molecule has 0 spiro atoms. The first-order valence-corrected chi connectivity index (χ1v) is 8.29. The van der Waals surface area contributed by atoms with Crippen LogP contribution in [0.3, 0.4) is 0 Å². The van der Waals surface area contributed by atoms with Crippen LogP contribution in [0.1, 0.15) is 79.0 Å². The average molecular weight is 304 g/mol. The molecule has 1 heterocycles. The predicted molar refractivity (Wildman–Crippen MR) is 93.1 cm³/mol. The summed E-state index contributed by atoms with van der Waals surface area (Å²) in [7, 11) is 0. The fourth-order valence-electron chi connectivity index (χ4n) is 3.24. The lowest BCUT2D eigenvalue weighted by Crippen LogP contribution is -2.30. The van der Waals surface area contributed by atoms with Crippen molar-refractivity contribution in [2.75, 3.05) is 0 Å². The average Bonchev–Trinajstić information content (AvgIpc) is 2.67. The Labute approximate surface area is 135 Å². The predicted octanol–water partition coefficient (Wildman–Crippen LogP) is 5.34. The van der Waals surface area contributed by atoms with Crippen molar-refractivity contribution in [3.8, 4) is 11.5 Å². The highest BCUT2D eigenvalue weighted by atomic mass is 16.5. The number of hydrogen-bond acceptors (Lipinski definition) is 2. The molecule has 1 N–H and O–H groups in total. The second-order valence-corrected chi connectivity index (χ2v) is 9.80. The lowest BCUT2D eigenvalue weighted by atomic mass is 9.75. The highest BCUT2D eigenvalue weighted by Gasteiger charge is 2.39. The fourth-order valence-corrected chi connectivity index (χ4v) is 3.24. The van der Waals surface area contributed by atoms with Crippen LogP contribution in [-0.4, -0.2) is 11.2 Å². The molecule has 0 amide bonds. The second kappa shape index (κ2) is 4.91. The van der Waals surface area contributed by atoms with Gasteiger partial charge >= 0.3 is 0 Å². The van der Waals surface area contributed by atoms with Crippen LogP contribution in [0.2, 0.25) is 0 Å². The summed E-state index contributed by atoms with van der Waals surface area (Å²) in [6, 6.07) is 2.06. The zero-order valence-electron chi connectivity index (χ0n) is 15.7. The minimum atomic E-state index is -0.109. The molecular formula is C20H32O2. The molecule has 0 saturated carbocycles. The van der Waals surface area contributed by atoms with Crippen LogP contribution < -0.4 is 4.74 Å². The second-order valence-electron chi connectivity index (χ2n) is 9.80. The van der Waals surface area contributed by atoms with Gasteiger partial charge in [-0.05, 0) is 22.3 Å². The first-order valence-electron chi connectivity index (χ1n) is 8.29. The third-order valence-electron chi connectivity index (χ3n) is 4.55. The van der Waals surface area contributed by atoms with Crippen LogP contribution in [-0.2, 0) is 17.3 Å². The molecule has 1 aromatic rings. The maximum absolute atomic E-state index is 11.0. The zero-order chi connectivity index (χ0) is 17.1. The molecule has 2 nitrogen and oxygen atoms in total. The van der Waals surface area contributed by atoms with Gasteiger partial charge in [0.05, 0.1) is 0 Å². The molecule has 0 aliphatic carbocycles. The molecule has 1 aromatic carbocycles. The highest BCUT2D eigenvalue weighted by molar-refractivity contribution is 5.59. The van der Waals surface area contributed by atoms with Gasteiger partial charge in [0.1, 0.15) is 17.6 Å². The molecule has 0 radical (unpaired) electrons. The van der Waals surface area contributed by atoms with Crippen LogP contribution in [0.5, 0.6) is 11.5 Å². The number of phenolic OH excluding ortho intramolecular Hbond substituents is 1. The van der Waals surface area contributed by atoms with E-state index in [9.17, 15) is 5.11 Å². The zero-order valence-corrected chi connectivity index (χ0v) is 15.7. The van der Waals surface area contributed by atoms with Gasteiger partial charge in [0.15, 0.2) is 0 Å². The summed E-state index contributed by atoms with van der Waals surface area (Å²) >= 11 is 0. The Bertz CT molecular complexity index is 578. The molecule has 22 heavy (non-hydrogen) atoms. The third-order valence-corrected chi connectivity index (χ3v) is 4.55. The van der Waals surface area contributed by atoms with Crippen LogP contribution in [0.25, 0.3) is 0 Å². The summed E-state index contributed by atoms with van der Waals surface area (Å²) in [6.07, 6.45) is 1.04. The molecule has 1 unspecified atom stereocenters. The molecule has 0 fully saturated rings. The van der Waals surface area contributed by atoms with Gasteiger partial charge in [0, 0.05) is 23.1 Å². The smallest absolute Gasteiger partial charge is 0.123 e. The van der Waals surface area contributed by atoms with E-state index >= 15 is 0 Å². The van der Waals surface area contributed by atoms with Crippen molar-refractivity contribution in [3.05, 3.63) is 22.8 Å². The fraction of sp³-hybridized carbons (Fsp3) is 0.700. The quantitative estimate of drug-likeness (QED) is 0.701. The molecular weight excluding hydrogens is 272 g/mol. The molecule has 0 saturated heterocycles. The largest absolute Gasteiger partial charge is 0.507 e. The minimum absolute atomic E-state index is 0.0890. The van der Waals surface area contributed by atoms with Gasteiger partial charge in [-0.3, -0.25) is 0 Å². The van der Waals surface area contributed by atoms with Crippen molar-refractivity contribution < 1.29 is 9.84 Å². The van der Waals surface area contributed by atoms with Gasteiger partial charge in [-0.1, -0.05) is 62.3 Å². The number of benzene rings is 1. The first kappa shape index (κ1) is 17.2. The third kappa shape index (κ3) is 2.98. The summed E-state index contributed by atoms with van der Waals surface area (Å²) in [5.74, 6) is 1.42. The van der Waals surface area contributed by atoms with E-state index in [-0.39, 0.29) is 22.3 Å². The van der Waals surface area contributed by atoms with E-state index in [0.717, 1.165) is 23.3 Å². The maximum atomic E-state index is 11.0. The molecule has 2 rings (SSSR count). The lowest BCUT2D eigenvalue weighted by molar-refractivity contribution is 0.109. The van der Waals surface area contributed by atoms with Crippen LogP contribution in [0.4, 0.5) is 0 Å². The Morgan fingerprint density at radius 1 is 0.955 bits per heavy atom. The molecule has 1 aliphatic heterocycles. The molecule has 1 aliphatic rings. The van der Waals surface area contributed by atoms with Gasteiger partial charge in [-0.25, -0.2) is 0 Å². The van der Waals surface area contributed by atoms with Crippen molar-refractivity contribution in [1.29, 1.82) is 0 Å². The summed E-state index contributed by atoms with van der Waals surface area (Å²) < 4.78 is 6.29. The number of fused-ring (bicyclic) bond motifs is 1. The Kier molecular flexibility index (Phi) is 3.83. The van der Waals surface area contributed by atoms with Crippen molar-refractivity contribution >= 4 is 0 Å². The molecule has 0 aromatic heterocycles. The summed E-state index contributed by atoms with van der Waals surface area (Å²) in [4.78, 5) is 0. The SMILES string of the molecule is CC(C)(C)c1cc2c(c(C(C)(C)C)c1O)CC(C(C)(C)C)O2. The standard InChI is InChI=1S/C20H32O2/c1-18(2,3)13-11-14-12(10-15(22-14)19(4,5)6)16(17(13)21)20(7,8)9/h11,15,21H,10H2,1-9H3. The van der Waals surface area contributed by atoms with Crippen molar-refractivity contribution in [2.45, 2.75) is 85.7 Å². The van der Waals surface area contributed by atoms with Crippen LogP contribution in [0.15, 0.2) is 6.07 Å². The van der Waals surface area contributed by atoms with E-state index in [2.05, 4.69) is 68.4 Å². The number of aromatic hydroxyl groups is 1. The Balaban J connectivity index is 2.68. The van der Waals surface area contributed by atoms with Gasteiger partial charge in [-0.15, -0.1) is 0 Å². The van der Waals surface area contributed by atoms with Gasteiger partial charge < -0.3 is 9.84 Å². The summed E-state index contributed by atoms with van der Waals surface area (Å²) in [6.45, 7) is 19.5. The summed E-state index contributed by atoms with van der Waals surface area (Å²) in [5.41, 5.74) is 3.10. The van der Waals surface area contributed by atoms with E-state index in [1.54, 1.807) is 0 Å². The minimum Gasteiger partial charge on any atom is -0.507 e. The van der Waals surface area contributed by atoms with E-state index < -0.39 is 0 Å². The van der Waals surface area contributed by atoms with Crippen molar-refractivity contribution in [1.82, 2.24) is 0 Å². The number of ether oxygens (including phenoxy) is 1. The van der Waals surface area contributed by atoms with E-state index in [0.29, 0.717) is 5.75 Å². The topological polar surface area (TPSA) is 29.5 Å². The van der Waals surface area contributed by atoms with Crippen LogP contribution >= 0.6 is 0 Å². The van der Waals surface area contributed by atoms with Gasteiger partial charge in [0.25, 0.3) is 0 Å². The van der Waals surface area contributed by atoms with E-state index in [1.807, 2.05) is 0 Å². The monoisotopic (exact) mass is 304 g/mol. The lowest BCUT2D eigenvalue weighted by Gasteiger charge is -2.29. The summed E-state index contributed by atoms with van der Waals surface area (Å²) in [5, 5.41) is 11.0. The van der Waals surface area contributed by atoms with E-state index in [1.165, 1.54) is 5.56 Å². The van der Waals surface area contributed by atoms with Gasteiger partial charge in [-0.2, -0.15) is 0 Å². The molecule has 0 bridgehead atoms. The van der Waals surface area contributed by atoms with Crippen molar-refractivity contribution in [3.63, 3.8) is 0 Å². The van der Waals surface area contributed by atoms with Gasteiger partial charge in [0.2, 0.25) is 0 Å². The number of rotatable bonds is 0. The number of hydrogen-bond donors (Lipinski definition) is 1. The highest BCUT2D eigenvalue weighted by Crippen LogP contribution is 2.49. The normalized spacial score (nSPS) is 19.0. The maximum Gasteiger partial charge on any atom is 0.123 e. The Morgan fingerprint density at radius 2 is 1.50 bits per heavy atom. The van der Waals surface area contributed by atoms with E-state index in [4.69, 9.17) is 4.74 Å². The number of phenols is 1. The molecule has 124 valence electrons. The first-order chi connectivity index (χ1) is 9.73.